The van der Waals surface area contributed by atoms with Crippen LogP contribution in [0.4, 0.5) is 0 Å². The first-order valence-electron chi connectivity index (χ1n) is 4.84. The van der Waals surface area contributed by atoms with Gasteiger partial charge in [0.2, 0.25) is 0 Å². The zero-order valence-electron chi connectivity index (χ0n) is 8.74. The summed E-state index contributed by atoms with van der Waals surface area (Å²) in [5.41, 5.74) is 1.55. The Morgan fingerprint density at radius 2 is 2.19 bits per heavy atom. The van der Waals surface area contributed by atoms with Crippen molar-refractivity contribution in [3.63, 3.8) is 0 Å². The molecule has 2 rings (SSSR count). The lowest BCUT2D eigenvalue weighted by Gasteiger charge is -2.05. The third-order valence-corrected chi connectivity index (χ3v) is 2.51. The summed E-state index contributed by atoms with van der Waals surface area (Å²) in [4.78, 5) is 14.9. The lowest BCUT2D eigenvalue weighted by atomic mass is 10.2. The summed E-state index contributed by atoms with van der Waals surface area (Å²) in [6.07, 6.45) is 0. The maximum Gasteiger partial charge on any atom is 0.302 e. The van der Waals surface area contributed by atoms with Gasteiger partial charge in [-0.15, -0.1) is 0 Å². The van der Waals surface area contributed by atoms with Crippen molar-refractivity contribution in [3.05, 3.63) is 41.0 Å². The number of benzene rings is 1. The predicted octanol–water partition coefficient (Wildman–Crippen LogP) is 2.95. The molecule has 4 heteroatoms. The average molecular weight is 236 g/mol. The molecule has 0 aliphatic heterocycles. The molecule has 0 N–H and O–H groups in total. The number of aromatic nitrogens is 1. The molecule has 0 saturated heterocycles. The molecule has 1 aromatic heterocycles. The van der Waals surface area contributed by atoms with Gasteiger partial charge in [0, 0.05) is 17.9 Å². The fourth-order valence-electron chi connectivity index (χ4n) is 1.42. The molecular formula is C12H10ClNO2. The van der Waals surface area contributed by atoms with E-state index in [1.807, 2.05) is 30.3 Å². The first-order chi connectivity index (χ1) is 7.66. The van der Waals surface area contributed by atoms with Gasteiger partial charge in [-0.25, -0.2) is 4.98 Å². The van der Waals surface area contributed by atoms with Gasteiger partial charge in [-0.05, 0) is 12.1 Å². The van der Waals surface area contributed by atoms with Crippen molar-refractivity contribution in [3.8, 4) is 0 Å². The molecule has 0 radical (unpaired) electrons. The number of para-hydroxylation sites is 1. The summed E-state index contributed by atoms with van der Waals surface area (Å²) in [5, 5.41) is 1.36. The normalized spacial score (nSPS) is 10.4. The maximum atomic E-state index is 10.7. The number of fused-ring (bicyclic) bond motifs is 1. The minimum atomic E-state index is -0.329. The van der Waals surface area contributed by atoms with Crippen LogP contribution >= 0.6 is 11.6 Å². The van der Waals surface area contributed by atoms with Crippen molar-refractivity contribution in [2.75, 3.05) is 0 Å². The molecule has 0 bridgehead atoms. The third-order valence-electron chi connectivity index (χ3n) is 2.18. The molecule has 0 saturated carbocycles. The molecule has 0 fully saturated rings. The highest BCUT2D eigenvalue weighted by atomic mass is 35.5. The first kappa shape index (κ1) is 10.9. The second-order valence-corrected chi connectivity index (χ2v) is 3.77. The van der Waals surface area contributed by atoms with E-state index in [2.05, 4.69) is 4.98 Å². The molecule has 2 aromatic rings. The van der Waals surface area contributed by atoms with E-state index in [1.54, 1.807) is 0 Å². The molecule has 82 valence electrons. The van der Waals surface area contributed by atoms with Crippen LogP contribution in [0.1, 0.15) is 12.5 Å². The van der Waals surface area contributed by atoms with Gasteiger partial charge in [0.15, 0.2) is 0 Å². The van der Waals surface area contributed by atoms with E-state index in [-0.39, 0.29) is 12.6 Å². The van der Waals surface area contributed by atoms with Crippen LogP contribution in [0.2, 0.25) is 5.15 Å². The van der Waals surface area contributed by atoms with Crippen molar-refractivity contribution >= 4 is 28.5 Å². The number of rotatable bonds is 2. The Kier molecular flexibility index (Phi) is 3.06. The monoisotopic (exact) mass is 235 g/mol. The van der Waals surface area contributed by atoms with Crippen LogP contribution in [0.5, 0.6) is 0 Å². The van der Waals surface area contributed by atoms with E-state index in [9.17, 15) is 4.79 Å². The highest BCUT2D eigenvalue weighted by Crippen LogP contribution is 2.20. The average Bonchev–Trinajstić information content (AvgIpc) is 2.26. The highest BCUT2D eigenvalue weighted by molar-refractivity contribution is 6.30. The standard InChI is InChI=1S/C12H10ClNO2/c1-8(15)16-7-10-6-9-4-2-3-5-11(9)14-12(10)13/h2-6H,7H2,1H3. The van der Waals surface area contributed by atoms with E-state index in [0.717, 1.165) is 16.5 Å². The molecule has 3 nitrogen and oxygen atoms in total. The second kappa shape index (κ2) is 4.49. The quantitative estimate of drug-likeness (QED) is 0.594. The molecule has 16 heavy (non-hydrogen) atoms. The zero-order chi connectivity index (χ0) is 11.5. The summed E-state index contributed by atoms with van der Waals surface area (Å²) < 4.78 is 4.89. The minimum absolute atomic E-state index is 0.159. The van der Waals surface area contributed by atoms with Crippen LogP contribution in [0, 0.1) is 0 Å². The molecule has 1 aromatic carbocycles. The van der Waals surface area contributed by atoms with Gasteiger partial charge in [-0.1, -0.05) is 29.8 Å². The van der Waals surface area contributed by atoms with E-state index >= 15 is 0 Å². The van der Waals surface area contributed by atoms with E-state index in [0.29, 0.717) is 5.15 Å². The summed E-state index contributed by atoms with van der Waals surface area (Å²) in [7, 11) is 0. The van der Waals surface area contributed by atoms with Gasteiger partial charge in [0.25, 0.3) is 0 Å². The van der Waals surface area contributed by atoms with Crippen molar-refractivity contribution < 1.29 is 9.53 Å². The van der Waals surface area contributed by atoms with Crippen LogP contribution in [-0.2, 0) is 16.1 Å². The van der Waals surface area contributed by atoms with Gasteiger partial charge >= 0.3 is 5.97 Å². The third kappa shape index (κ3) is 2.31. The van der Waals surface area contributed by atoms with Gasteiger partial charge in [0.05, 0.1) is 5.52 Å². The smallest absolute Gasteiger partial charge is 0.302 e. The Balaban J connectivity index is 2.38. The number of hydrogen-bond donors (Lipinski definition) is 0. The Hall–Kier alpha value is -1.61. The van der Waals surface area contributed by atoms with Crippen molar-refractivity contribution in [1.29, 1.82) is 0 Å². The topological polar surface area (TPSA) is 39.2 Å². The Morgan fingerprint density at radius 1 is 1.44 bits per heavy atom. The first-order valence-corrected chi connectivity index (χ1v) is 5.22. The van der Waals surface area contributed by atoms with Crippen molar-refractivity contribution in [1.82, 2.24) is 4.98 Å². The number of carbonyl (C=O) groups excluding carboxylic acids is 1. The van der Waals surface area contributed by atoms with Crippen LogP contribution < -0.4 is 0 Å². The number of pyridine rings is 1. The van der Waals surface area contributed by atoms with Crippen LogP contribution in [0.25, 0.3) is 10.9 Å². The van der Waals surface area contributed by atoms with Crippen molar-refractivity contribution in [2.24, 2.45) is 0 Å². The molecule has 0 amide bonds. The molecule has 1 heterocycles. The summed E-state index contributed by atoms with van der Waals surface area (Å²) >= 11 is 5.98. The molecule has 0 aliphatic carbocycles. The molecular weight excluding hydrogens is 226 g/mol. The number of nitrogens with zero attached hydrogens (tertiary/aromatic N) is 1. The number of carbonyl (C=O) groups is 1. The second-order valence-electron chi connectivity index (χ2n) is 3.41. The summed E-state index contributed by atoms with van der Waals surface area (Å²) in [6.45, 7) is 1.52. The van der Waals surface area contributed by atoms with Gasteiger partial charge < -0.3 is 4.74 Å². The fourth-order valence-corrected chi connectivity index (χ4v) is 1.62. The van der Waals surface area contributed by atoms with E-state index in [1.165, 1.54) is 6.92 Å². The number of ether oxygens (including phenoxy) is 1. The zero-order valence-corrected chi connectivity index (χ0v) is 9.49. The Morgan fingerprint density at radius 3 is 2.94 bits per heavy atom. The summed E-state index contributed by atoms with van der Waals surface area (Å²) in [5.74, 6) is -0.329. The Labute approximate surface area is 98.0 Å². The summed E-state index contributed by atoms with van der Waals surface area (Å²) in [6, 6.07) is 9.53. The Bertz CT molecular complexity index is 540. The van der Waals surface area contributed by atoms with Crippen LogP contribution in [-0.4, -0.2) is 11.0 Å². The van der Waals surface area contributed by atoms with Crippen molar-refractivity contribution in [2.45, 2.75) is 13.5 Å². The minimum Gasteiger partial charge on any atom is -0.461 e. The maximum absolute atomic E-state index is 10.7. The molecule has 0 spiro atoms. The molecule has 0 aliphatic rings. The molecule has 0 atom stereocenters. The highest BCUT2D eigenvalue weighted by Gasteiger charge is 2.05. The predicted molar refractivity (Wildman–Crippen MR) is 62.2 cm³/mol. The van der Waals surface area contributed by atoms with Gasteiger partial charge in [-0.2, -0.15) is 0 Å². The van der Waals surface area contributed by atoms with Gasteiger partial charge in [-0.3, -0.25) is 4.79 Å². The number of esters is 1. The lowest BCUT2D eigenvalue weighted by molar-refractivity contribution is -0.142. The number of halogens is 1. The lowest BCUT2D eigenvalue weighted by Crippen LogP contribution is -2.00. The van der Waals surface area contributed by atoms with E-state index in [4.69, 9.17) is 16.3 Å². The largest absolute Gasteiger partial charge is 0.461 e. The van der Waals surface area contributed by atoms with E-state index < -0.39 is 0 Å². The number of hydrogen-bond acceptors (Lipinski definition) is 3. The SMILES string of the molecule is CC(=O)OCc1cc2ccccc2nc1Cl. The van der Waals surface area contributed by atoms with Crippen LogP contribution in [0.3, 0.4) is 0 Å². The fraction of sp³-hybridized carbons (Fsp3) is 0.167. The van der Waals surface area contributed by atoms with Crippen LogP contribution in [0.15, 0.2) is 30.3 Å². The van der Waals surface area contributed by atoms with Gasteiger partial charge in [0.1, 0.15) is 11.8 Å². The molecule has 0 unspecified atom stereocenters.